The lowest BCUT2D eigenvalue weighted by Crippen LogP contribution is -2.37. The van der Waals surface area contributed by atoms with E-state index in [9.17, 15) is 0 Å². The van der Waals surface area contributed by atoms with Gasteiger partial charge in [0.15, 0.2) is 0 Å². The average molecular weight is 259 g/mol. The van der Waals surface area contributed by atoms with Crippen LogP contribution in [0.3, 0.4) is 0 Å². The summed E-state index contributed by atoms with van der Waals surface area (Å²) < 4.78 is 0. The van der Waals surface area contributed by atoms with Gasteiger partial charge in [-0.1, -0.05) is 6.07 Å². The lowest BCUT2D eigenvalue weighted by molar-refractivity contribution is 0.175. The van der Waals surface area contributed by atoms with Gasteiger partial charge in [-0.25, -0.2) is 0 Å². The maximum Gasteiger partial charge on any atom is 0.0313 e. The zero-order valence-electron chi connectivity index (χ0n) is 11.9. The van der Waals surface area contributed by atoms with Crippen LogP contribution in [-0.4, -0.2) is 35.6 Å². The van der Waals surface area contributed by atoms with Crippen molar-refractivity contribution in [2.45, 2.75) is 45.2 Å². The molecule has 3 nitrogen and oxygen atoms in total. The number of aryl methyl sites for hydroxylation is 1. The molecule has 1 saturated heterocycles. The predicted molar refractivity (Wildman–Crippen MR) is 78.0 cm³/mol. The molecule has 2 aliphatic rings. The molecule has 1 saturated carbocycles. The molecule has 2 fully saturated rings. The topological polar surface area (TPSA) is 28.2 Å². The number of hydrogen-bond acceptors (Lipinski definition) is 3. The number of pyridine rings is 1. The third-order valence-corrected chi connectivity index (χ3v) is 4.32. The third kappa shape index (κ3) is 4.02. The molecule has 104 valence electrons. The van der Waals surface area contributed by atoms with Gasteiger partial charge in [0.2, 0.25) is 0 Å². The number of aromatic nitrogens is 1. The first-order valence-electron chi connectivity index (χ1n) is 7.66. The largest absolute Gasteiger partial charge is 0.314 e. The minimum Gasteiger partial charge on any atom is -0.314 e. The summed E-state index contributed by atoms with van der Waals surface area (Å²) in [7, 11) is 0. The number of piperidine rings is 1. The molecule has 2 heterocycles. The smallest absolute Gasteiger partial charge is 0.0313 e. The van der Waals surface area contributed by atoms with Gasteiger partial charge in [0.25, 0.3) is 0 Å². The van der Waals surface area contributed by atoms with Gasteiger partial charge in [0.05, 0.1) is 0 Å². The highest BCUT2D eigenvalue weighted by Gasteiger charge is 2.24. The maximum absolute atomic E-state index is 4.28. The van der Waals surface area contributed by atoms with Crippen LogP contribution in [0.5, 0.6) is 0 Å². The van der Waals surface area contributed by atoms with E-state index in [1.807, 2.05) is 12.4 Å². The van der Waals surface area contributed by atoms with Crippen LogP contribution >= 0.6 is 0 Å². The molecule has 0 bridgehead atoms. The molecule has 1 aliphatic carbocycles. The number of rotatable bonds is 5. The van der Waals surface area contributed by atoms with E-state index < -0.39 is 0 Å². The van der Waals surface area contributed by atoms with Gasteiger partial charge >= 0.3 is 0 Å². The van der Waals surface area contributed by atoms with E-state index in [-0.39, 0.29) is 0 Å². The Hall–Kier alpha value is -0.930. The molecule has 19 heavy (non-hydrogen) atoms. The molecule has 3 rings (SSSR count). The Morgan fingerprint density at radius 3 is 2.68 bits per heavy atom. The second-order valence-electron chi connectivity index (χ2n) is 6.27. The predicted octanol–water partition coefficient (Wildman–Crippen LogP) is 2.35. The van der Waals surface area contributed by atoms with Gasteiger partial charge in [0.1, 0.15) is 0 Å². The third-order valence-electron chi connectivity index (χ3n) is 4.32. The van der Waals surface area contributed by atoms with Gasteiger partial charge in [-0.2, -0.15) is 0 Å². The van der Waals surface area contributed by atoms with E-state index in [0.29, 0.717) is 0 Å². The first-order valence-corrected chi connectivity index (χ1v) is 7.66. The van der Waals surface area contributed by atoms with Crippen molar-refractivity contribution in [2.75, 3.05) is 19.6 Å². The van der Waals surface area contributed by atoms with Crippen LogP contribution in [0.2, 0.25) is 0 Å². The van der Waals surface area contributed by atoms with Gasteiger partial charge in [-0.3, -0.25) is 9.88 Å². The summed E-state index contributed by atoms with van der Waals surface area (Å²) in [6.45, 7) is 6.91. The minimum atomic E-state index is 0.858. The zero-order chi connectivity index (χ0) is 13.1. The highest BCUT2D eigenvalue weighted by Crippen LogP contribution is 2.22. The Kier molecular flexibility index (Phi) is 4.14. The SMILES string of the molecule is Cc1cncc(CN2CCC(CNC3CC3)CC2)c1. The normalized spacial score (nSPS) is 21.7. The fourth-order valence-corrected chi connectivity index (χ4v) is 2.93. The summed E-state index contributed by atoms with van der Waals surface area (Å²) in [5, 5.41) is 3.67. The quantitative estimate of drug-likeness (QED) is 0.880. The second kappa shape index (κ2) is 6.02. The molecule has 1 aromatic heterocycles. The van der Waals surface area contributed by atoms with Gasteiger partial charge in [0, 0.05) is 25.0 Å². The highest BCUT2D eigenvalue weighted by molar-refractivity contribution is 5.16. The molecule has 0 spiro atoms. The molecular formula is C16H25N3. The summed E-state index contributed by atoms with van der Waals surface area (Å²) >= 11 is 0. The summed E-state index contributed by atoms with van der Waals surface area (Å²) in [4.78, 5) is 6.86. The van der Waals surface area contributed by atoms with Crippen molar-refractivity contribution in [3.8, 4) is 0 Å². The summed E-state index contributed by atoms with van der Waals surface area (Å²) in [5.74, 6) is 0.896. The molecule has 0 amide bonds. The van der Waals surface area contributed by atoms with Crippen LogP contribution < -0.4 is 5.32 Å². The molecule has 1 aromatic rings. The van der Waals surface area contributed by atoms with Crippen molar-refractivity contribution < 1.29 is 0 Å². The van der Waals surface area contributed by atoms with Crippen molar-refractivity contribution in [3.05, 3.63) is 29.6 Å². The van der Waals surface area contributed by atoms with Gasteiger partial charge < -0.3 is 5.32 Å². The van der Waals surface area contributed by atoms with Crippen LogP contribution in [0.1, 0.15) is 36.8 Å². The monoisotopic (exact) mass is 259 g/mol. The lowest BCUT2D eigenvalue weighted by atomic mass is 9.96. The summed E-state index contributed by atoms with van der Waals surface area (Å²) in [6.07, 6.45) is 9.43. The molecule has 3 heteroatoms. The number of likely N-dealkylation sites (tertiary alicyclic amines) is 1. The molecule has 0 aromatic carbocycles. The van der Waals surface area contributed by atoms with Crippen molar-refractivity contribution >= 4 is 0 Å². The molecule has 1 aliphatic heterocycles. The molecule has 0 radical (unpaired) electrons. The van der Waals surface area contributed by atoms with E-state index in [4.69, 9.17) is 0 Å². The van der Waals surface area contributed by atoms with Crippen molar-refractivity contribution in [2.24, 2.45) is 5.92 Å². The molecule has 1 N–H and O–H groups in total. The number of nitrogens with zero attached hydrogens (tertiary/aromatic N) is 2. The highest BCUT2D eigenvalue weighted by atomic mass is 15.1. The number of hydrogen-bond donors (Lipinski definition) is 1. The first-order chi connectivity index (χ1) is 9.29. The van der Waals surface area contributed by atoms with Crippen LogP contribution in [0.15, 0.2) is 18.5 Å². The Balaban J connectivity index is 1.42. The minimum absolute atomic E-state index is 0.858. The Morgan fingerprint density at radius 2 is 2.00 bits per heavy atom. The van der Waals surface area contributed by atoms with Crippen LogP contribution in [0.25, 0.3) is 0 Å². The lowest BCUT2D eigenvalue weighted by Gasteiger charge is -2.32. The van der Waals surface area contributed by atoms with E-state index in [0.717, 1.165) is 18.5 Å². The second-order valence-corrected chi connectivity index (χ2v) is 6.27. The van der Waals surface area contributed by atoms with Gasteiger partial charge in [-0.15, -0.1) is 0 Å². The van der Waals surface area contributed by atoms with Crippen molar-refractivity contribution in [3.63, 3.8) is 0 Å². The van der Waals surface area contributed by atoms with E-state index in [1.165, 1.54) is 56.4 Å². The Labute approximate surface area is 116 Å². The molecule has 0 atom stereocenters. The maximum atomic E-state index is 4.28. The standard InChI is InChI=1S/C16H25N3/c1-13-8-15(10-17-9-13)12-19-6-4-14(5-7-19)11-18-16-2-3-16/h8-10,14,16,18H,2-7,11-12H2,1H3. The Morgan fingerprint density at radius 1 is 1.21 bits per heavy atom. The van der Waals surface area contributed by atoms with Crippen LogP contribution in [0.4, 0.5) is 0 Å². The fraction of sp³-hybridized carbons (Fsp3) is 0.688. The fourth-order valence-electron chi connectivity index (χ4n) is 2.93. The summed E-state index contributed by atoms with van der Waals surface area (Å²) in [6, 6.07) is 3.12. The molecule has 0 unspecified atom stereocenters. The van der Waals surface area contributed by atoms with E-state index in [2.05, 4.69) is 28.2 Å². The van der Waals surface area contributed by atoms with E-state index in [1.54, 1.807) is 0 Å². The van der Waals surface area contributed by atoms with Crippen LogP contribution in [-0.2, 0) is 6.54 Å². The summed E-state index contributed by atoms with van der Waals surface area (Å²) in [5.41, 5.74) is 2.62. The Bertz CT molecular complexity index is 406. The van der Waals surface area contributed by atoms with Crippen molar-refractivity contribution in [1.82, 2.24) is 15.2 Å². The molecular weight excluding hydrogens is 234 g/mol. The van der Waals surface area contributed by atoms with E-state index >= 15 is 0 Å². The zero-order valence-corrected chi connectivity index (χ0v) is 11.9. The average Bonchev–Trinajstić information content (AvgIpc) is 3.22. The number of nitrogens with one attached hydrogen (secondary N) is 1. The van der Waals surface area contributed by atoms with Gasteiger partial charge in [-0.05, 0) is 69.3 Å². The van der Waals surface area contributed by atoms with Crippen molar-refractivity contribution in [1.29, 1.82) is 0 Å². The van der Waals surface area contributed by atoms with Crippen LogP contribution in [0, 0.1) is 12.8 Å². The first kappa shape index (κ1) is 13.1.